The van der Waals surface area contributed by atoms with Gasteiger partial charge in [-0.25, -0.2) is 9.37 Å². The van der Waals surface area contributed by atoms with Gasteiger partial charge in [-0.15, -0.1) is 0 Å². The van der Waals surface area contributed by atoms with Gasteiger partial charge in [0.25, 0.3) is 0 Å². The van der Waals surface area contributed by atoms with Crippen LogP contribution in [0.1, 0.15) is 19.4 Å². The minimum Gasteiger partial charge on any atom is -0.329 e. The van der Waals surface area contributed by atoms with E-state index in [-0.39, 0.29) is 5.82 Å². The van der Waals surface area contributed by atoms with Gasteiger partial charge in [0.2, 0.25) is 0 Å². The molecule has 1 N–H and O–H groups in total. The summed E-state index contributed by atoms with van der Waals surface area (Å²) in [6.45, 7) is 4.83. The van der Waals surface area contributed by atoms with Crippen molar-refractivity contribution in [3.8, 4) is 0 Å². The van der Waals surface area contributed by atoms with Crippen LogP contribution in [0.15, 0.2) is 36.5 Å². The van der Waals surface area contributed by atoms with Crippen LogP contribution in [0.25, 0.3) is 0 Å². The maximum absolute atomic E-state index is 13.3. The summed E-state index contributed by atoms with van der Waals surface area (Å²) in [5.74, 6) is 0.459. The monoisotopic (exact) mass is 307 g/mol. The van der Waals surface area contributed by atoms with Crippen LogP contribution in [0, 0.1) is 5.82 Å². The number of halogens is 2. The van der Waals surface area contributed by atoms with Crippen LogP contribution in [0.4, 0.5) is 15.9 Å². The van der Waals surface area contributed by atoms with Crippen molar-refractivity contribution < 1.29 is 4.39 Å². The van der Waals surface area contributed by atoms with E-state index in [4.69, 9.17) is 11.6 Å². The highest BCUT2D eigenvalue weighted by Crippen LogP contribution is 2.25. The molecule has 112 valence electrons. The molecule has 0 saturated heterocycles. The van der Waals surface area contributed by atoms with Crippen molar-refractivity contribution in [2.24, 2.45) is 0 Å². The zero-order chi connectivity index (χ0) is 15.4. The average molecular weight is 308 g/mol. The number of hydrogen-bond donors (Lipinski definition) is 1. The summed E-state index contributed by atoms with van der Waals surface area (Å²) in [7, 11) is 1.85. The van der Waals surface area contributed by atoms with E-state index in [9.17, 15) is 4.39 Å². The quantitative estimate of drug-likeness (QED) is 0.900. The molecule has 0 fully saturated rings. The number of pyridine rings is 1. The molecule has 0 radical (unpaired) electrons. The van der Waals surface area contributed by atoms with Gasteiger partial charge >= 0.3 is 0 Å². The Balaban J connectivity index is 2.25. The van der Waals surface area contributed by atoms with E-state index < -0.39 is 0 Å². The molecule has 0 spiro atoms. The number of nitrogens with zero attached hydrogens (tertiary/aromatic N) is 2. The van der Waals surface area contributed by atoms with E-state index in [0.29, 0.717) is 17.6 Å². The van der Waals surface area contributed by atoms with Crippen LogP contribution in [0.2, 0.25) is 5.02 Å². The summed E-state index contributed by atoms with van der Waals surface area (Å²) in [4.78, 5) is 6.15. The second-order valence-electron chi connectivity index (χ2n) is 5.21. The van der Waals surface area contributed by atoms with Gasteiger partial charge < -0.3 is 10.2 Å². The van der Waals surface area contributed by atoms with Crippen LogP contribution in [-0.4, -0.2) is 18.1 Å². The molecule has 2 aromatic rings. The molecule has 0 aliphatic heterocycles. The van der Waals surface area contributed by atoms with Gasteiger partial charge in [-0.3, -0.25) is 0 Å². The van der Waals surface area contributed by atoms with E-state index in [2.05, 4.69) is 24.1 Å². The van der Waals surface area contributed by atoms with Gasteiger partial charge in [0.15, 0.2) is 0 Å². The standard InChI is InChI=1S/C16H19ClFN3/c1-11(2)19-9-12-7-16(20-10-15(12)17)21(3)14-6-4-5-13(18)8-14/h4-8,10-11,19H,9H2,1-3H3. The number of anilines is 2. The zero-order valence-corrected chi connectivity index (χ0v) is 13.2. The van der Waals surface area contributed by atoms with Crippen LogP contribution >= 0.6 is 11.6 Å². The maximum Gasteiger partial charge on any atom is 0.133 e. The minimum absolute atomic E-state index is 0.269. The second-order valence-corrected chi connectivity index (χ2v) is 5.62. The highest BCUT2D eigenvalue weighted by molar-refractivity contribution is 6.31. The normalized spacial score (nSPS) is 11.0. The SMILES string of the molecule is CC(C)NCc1cc(N(C)c2cccc(F)c2)ncc1Cl. The molecule has 0 unspecified atom stereocenters. The fraction of sp³-hybridized carbons (Fsp3) is 0.312. The number of nitrogens with one attached hydrogen (secondary N) is 1. The van der Waals surface area contributed by atoms with E-state index in [1.165, 1.54) is 12.1 Å². The van der Waals surface area contributed by atoms with E-state index in [0.717, 1.165) is 17.1 Å². The zero-order valence-electron chi connectivity index (χ0n) is 12.4. The fourth-order valence-electron chi connectivity index (χ4n) is 1.92. The molecule has 0 amide bonds. The third-order valence-electron chi connectivity index (χ3n) is 3.16. The Kier molecular flexibility index (Phi) is 5.15. The lowest BCUT2D eigenvalue weighted by molar-refractivity contribution is 0.588. The molecule has 0 bridgehead atoms. The molecule has 2 rings (SSSR count). The minimum atomic E-state index is -0.269. The maximum atomic E-state index is 13.3. The first kappa shape index (κ1) is 15.7. The first-order chi connectivity index (χ1) is 9.97. The Labute approximate surface area is 129 Å². The van der Waals surface area contributed by atoms with Crippen LogP contribution in [-0.2, 0) is 6.54 Å². The molecule has 1 heterocycles. The third kappa shape index (κ3) is 4.16. The average Bonchev–Trinajstić information content (AvgIpc) is 2.45. The molecule has 21 heavy (non-hydrogen) atoms. The summed E-state index contributed by atoms with van der Waals surface area (Å²) >= 11 is 6.17. The Morgan fingerprint density at radius 3 is 2.76 bits per heavy atom. The van der Waals surface area contributed by atoms with Gasteiger partial charge in [-0.2, -0.15) is 0 Å². The van der Waals surface area contributed by atoms with Crippen molar-refractivity contribution in [2.45, 2.75) is 26.4 Å². The number of rotatable bonds is 5. The lowest BCUT2D eigenvalue weighted by Crippen LogP contribution is -2.22. The molecule has 1 aromatic heterocycles. The van der Waals surface area contributed by atoms with Crippen molar-refractivity contribution in [2.75, 3.05) is 11.9 Å². The number of hydrogen-bond acceptors (Lipinski definition) is 3. The van der Waals surface area contributed by atoms with Gasteiger partial charge in [-0.1, -0.05) is 31.5 Å². The van der Waals surface area contributed by atoms with E-state index in [1.54, 1.807) is 12.3 Å². The van der Waals surface area contributed by atoms with E-state index >= 15 is 0 Å². The molecule has 3 nitrogen and oxygen atoms in total. The first-order valence-electron chi connectivity index (χ1n) is 6.84. The highest BCUT2D eigenvalue weighted by Gasteiger charge is 2.10. The van der Waals surface area contributed by atoms with E-state index in [1.807, 2.05) is 24.1 Å². The van der Waals surface area contributed by atoms with Crippen LogP contribution in [0.5, 0.6) is 0 Å². The van der Waals surface area contributed by atoms with Crippen molar-refractivity contribution in [1.29, 1.82) is 0 Å². The number of aromatic nitrogens is 1. The second kappa shape index (κ2) is 6.87. The van der Waals surface area contributed by atoms with Crippen molar-refractivity contribution in [3.05, 3.63) is 52.9 Å². The first-order valence-corrected chi connectivity index (χ1v) is 7.22. The smallest absolute Gasteiger partial charge is 0.133 e. The van der Waals surface area contributed by atoms with Gasteiger partial charge in [0.1, 0.15) is 11.6 Å². The number of benzene rings is 1. The van der Waals surface area contributed by atoms with Crippen molar-refractivity contribution in [3.63, 3.8) is 0 Å². The van der Waals surface area contributed by atoms with Crippen molar-refractivity contribution in [1.82, 2.24) is 10.3 Å². The molecule has 0 atom stereocenters. The lowest BCUT2D eigenvalue weighted by atomic mass is 10.2. The topological polar surface area (TPSA) is 28.2 Å². The van der Waals surface area contributed by atoms with Gasteiger partial charge in [0.05, 0.1) is 5.02 Å². The predicted octanol–water partition coefficient (Wildman–Crippen LogP) is 4.14. The Morgan fingerprint density at radius 2 is 2.10 bits per heavy atom. The Bertz CT molecular complexity index is 616. The predicted molar refractivity (Wildman–Crippen MR) is 85.7 cm³/mol. The highest BCUT2D eigenvalue weighted by atomic mass is 35.5. The Morgan fingerprint density at radius 1 is 1.33 bits per heavy atom. The summed E-state index contributed by atoms with van der Waals surface area (Å²) < 4.78 is 13.3. The molecule has 5 heteroatoms. The van der Waals surface area contributed by atoms with Crippen molar-refractivity contribution >= 4 is 23.1 Å². The molecular formula is C16H19ClFN3. The Hall–Kier alpha value is -1.65. The summed E-state index contributed by atoms with van der Waals surface area (Å²) in [5, 5.41) is 3.95. The van der Waals surface area contributed by atoms with Crippen LogP contribution in [0.3, 0.4) is 0 Å². The third-order valence-corrected chi connectivity index (χ3v) is 3.50. The fourth-order valence-corrected chi connectivity index (χ4v) is 2.09. The molecular weight excluding hydrogens is 289 g/mol. The summed E-state index contributed by atoms with van der Waals surface area (Å²) in [5.41, 5.74) is 1.71. The largest absolute Gasteiger partial charge is 0.329 e. The molecule has 0 aliphatic carbocycles. The van der Waals surface area contributed by atoms with Gasteiger partial charge in [0, 0.05) is 31.5 Å². The van der Waals surface area contributed by atoms with Gasteiger partial charge in [-0.05, 0) is 29.8 Å². The molecule has 1 aromatic carbocycles. The summed E-state index contributed by atoms with van der Waals surface area (Å²) in [6, 6.07) is 8.71. The molecule has 0 aliphatic rings. The summed E-state index contributed by atoms with van der Waals surface area (Å²) in [6.07, 6.45) is 1.63. The van der Waals surface area contributed by atoms with Crippen LogP contribution < -0.4 is 10.2 Å². The lowest BCUT2D eigenvalue weighted by Gasteiger charge is -2.20. The molecule has 0 saturated carbocycles.